The highest BCUT2D eigenvalue weighted by Crippen LogP contribution is 2.62. The number of para-hydroxylation sites is 1. The standard InChI is InChI=1S/C44H60N4O2/c1-31(2)28-48-40-34(17-15-18-38(40)50-29-32(3)4)35-19-22-45-39(41(35)48)36-27-44(49)21-12-8-5-6-9-13-23-46-25-20-37(36)43(30-46)26-33-16-11-7-10-14-24-47(33)42(43)44/h5,8,11,15-19,22,27,31-33,37,42,49H,6-7,9-10,12-14,20-21,23-26,28-30H2,1-4H3/b8-5-,16-11-/t33-,37-,42+,43-,44-/m0/s1. The number of aromatic nitrogens is 2. The molecule has 5 aliphatic rings. The first-order chi connectivity index (χ1) is 24.3. The molecule has 2 aromatic heterocycles. The van der Waals surface area contributed by atoms with Gasteiger partial charge in [0.05, 0.1) is 35.0 Å². The quantitative estimate of drug-likeness (QED) is 0.264. The molecule has 6 nitrogen and oxygen atoms in total. The van der Waals surface area contributed by atoms with Gasteiger partial charge in [0.25, 0.3) is 0 Å². The van der Waals surface area contributed by atoms with Crippen LogP contribution in [0.2, 0.25) is 0 Å². The normalized spacial score (nSPS) is 33.2. The average Bonchev–Trinajstić information content (AvgIpc) is 3.56. The number of allylic oxidation sites excluding steroid dienone is 4. The van der Waals surface area contributed by atoms with Gasteiger partial charge in [0, 0.05) is 41.5 Å². The van der Waals surface area contributed by atoms with E-state index in [9.17, 15) is 5.11 Å². The van der Waals surface area contributed by atoms with E-state index in [0.29, 0.717) is 30.4 Å². The number of pyridine rings is 1. The zero-order chi connectivity index (χ0) is 34.5. The van der Waals surface area contributed by atoms with Gasteiger partial charge >= 0.3 is 0 Å². The van der Waals surface area contributed by atoms with Gasteiger partial charge in [-0.3, -0.25) is 9.88 Å². The van der Waals surface area contributed by atoms with Crippen molar-refractivity contribution < 1.29 is 9.84 Å². The predicted molar refractivity (Wildman–Crippen MR) is 206 cm³/mol. The van der Waals surface area contributed by atoms with E-state index in [1.165, 1.54) is 59.5 Å². The Labute approximate surface area is 300 Å². The van der Waals surface area contributed by atoms with Crippen molar-refractivity contribution in [3.8, 4) is 5.75 Å². The second-order valence-corrected chi connectivity index (χ2v) is 17.2. The lowest BCUT2D eigenvalue weighted by molar-refractivity contribution is -0.0894. The average molecular weight is 677 g/mol. The molecule has 1 aliphatic carbocycles. The van der Waals surface area contributed by atoms with Gasteiger partial charge in [-0.25, -0.2) is 0 Å². The van der Waals surface area contributed by atoms with E-state index in [-0.39, 0.29) is 11.5 Å². The number of piperidine rings is 1. The van der Waals surface area contributed by atoms with Crippen LogP contribution in [0.25, 0.3) is 27.4 Å². The van der Waals surface area contributed by atoms with Crippen molar-refractivity contribution in [2.75, 3.05) is 32.8 Å². The fourth-order valence-electron chi connectivity index (χ4n) is 10.8. The summed E-state index contributed by atoms with van der Waals surface area (Å²) >= 11 is 0. The highest BCUT2D eigenvalue weighted by Gasteiger charge is 2.65. The maximum absolute atomic E-state index is 13.4. The number of rotatable bonds is 6. The SMILES string of the molecule is CC(C)COc1cccc2c3ccnc(C4=C[C@@]5(O)CC/C=C\CCCCN6CC[C@@H]4[C@]4(C[C@@H]7/C=C\CCCCN7[C@H]45)C6)c3n(CC(C)C)c12. The van der Waals surface area contributed by atoms with Crippen LogP contribution in [0, 0.1) is 23.2 Å². The van der Waals surface area contributed by atoms with Crippen molar-refractivity contribution in [3.05, 3.63) is 66.5 Å². The van der Waals surface area contributed by atoms with Crippen LogP contribution in [0.3, 0.4) is 0 Å². The molecule has 50 heavy (non-hydrogen) atoms. The third-order valence-corrected chi connectivity index (χ3v) is 12.6. The molecular weight excluding hydrogens is 617 g/mol. The van der Waals surface area contributed by atoms with E-state index < -0.39 is 5.60 Å². The zero-order valence-electron chi connectivity index (χ0n) is 31.1. The Hall–Kier alpha value is -2.93. The van der Waals surface area contributed by atoms with Gasteiger partial charge in [0.15, 0.2) is 0 Å². The molecule has 4 aliphatic heterocycles. The summed E-state index contributed by atoms with van der Waals surface area (Å²) in [5, 5.41) is 15.9. The molecule has 2 saturated heterocycles. The molecule has 1 unspecified atom stereocenters. The fraction of sp³-hybridized carbons (Fsp3) is 0.614. The van der Waals surface area contributed by atoms with Gasteiger partial charge in [0.2, 0.25) is 0 Å². The summed E-state index contributed by atoms with van der Waals surface area (Å²) in [5.74, 6) is 2.19. The van der Waals surface area contributed by atoms with Crippen molar-refractivity contribution in [1.82, 2.24) is 19.4 Å². The topological polar surface area (TPSA) is 53.8 Å². The second kappa shape index (κ2) is 13.9. The Morgan fingerprint density at radius 1 is 0.900 bits per heavy atom. The molecule has 2 fully saturated rings. The van der Waals surface area contributed by atoms with Crippen molar-refractivity contribution in [2.45, 2.75) is 116 Å². The summed E-state index contributed by atoms with van der Waals surface area (Å²) in [6, 6.07) is 9.26. The lowest BCUT2D eigenvalue weighted by Crippen LogP contribution is -2.65. The third kappa shape index (κ3) is 5.97. The molecule has 0 radical (unpaired) electrons. The van der Waals surface area contributed by atoms with Gasteiger partial charge in [-0.2, -0.15) is 0 Å². The van der Waals surface area contributed by atoms with Crippen molar-refractivity contribution in [1.29, 1.82) is 0 Å². The molecule has 1 spiro atoms. The van der Waals surface area contributed by atoms with Crippen LogP contribution in [0.15, 0.2) is 60.8 Å². The van der Waals surface area contributed by atoms with Crippen molar-refractivity contribution in [2.24, 2.45) is 23.2 Å². The van der Waals surface area contributed by atoms with Gasteiger partial charge in [-0.1, -0.05) is 64.1 Å². The molecule has 8 rings (SSSR count). The van der Waals surface area contributed by atoms with Crippen molar-refractivity contribution in [3.63, 3.8) is 0 Å². The lowest BCUT2D eigenvalue weighted by atomic mass is 9.54. The molecule has 1 N–H and O–H groups in total. The van der Waals surface area contributed by atoms with E-state index in [1.807, 2.05) is 6.20 Å². The molecule has 6 atom stereocenters. The fourth-order valence-corrected chi connectivity index (χ4v) is 10.8. The Morgan fingerprint density at radius 3 is 2.54 bits per heavy atom. The number of ether oxygens (including phenoxy) is 1. The van der Waals surface area contributed by atoms with E-state index in [4.69, 9.17) is 9.72 Å². The molecular formula is C44H60N4O2. The maximum atomic E-state index is 13.4. The number of aliphatic hydroxyl groups is 1. The highest BCUT2D eigenvalue weighted by atomic mass is 16.5. The van der Waals surface area contributed by atoms with Gasteiger partial charge in [-0.05, 0) is 125 Å². The van der Waals surface area contributed by atoms with Crippen LogP contribution in [0.1, 0.15) is 97.6 Å². The van der Waals surface area contributed by atoms with E-state index in [0.717, 1.165) is 76.3 Å². The summed E-state index contributed by atoms with van der Waals surface area (Å²) in [4.78, 5) is 10.9. The Kier molecular flexibility index (Phi) is 9.50. The minimum absolute atomic E-state index is 0.0432. The summed E-state index contributed by atoms with van der Waals surface area (Å²) in [6.07, 6.45) is 25.2. The minimum Gasteiger partial charge on any atom is -0.491 e. The van der Waals surface area contributed by atoms with Crippen LogP contribution in [0.4, 0.5) is 0 Å². The summed E-state index contributed by atoms with van der Waals surface area (Å²) < 4.78 is 9.07. The number of hydrogen-bond donors (Lipinski definition) is 1. The monoisotopic (exact) mass is 676 g/mol. The third-order valence-electron chi connectivity index (χ3n) is 12.6. The summed E-state index contributed by atoms with van der Waals surface area (Å²) in [5.41, 5.74) is 3.78. The van der Waals surface area contributed by atoms with E-state index in [1.54, 1.807) is 0 Å². The van der Waals surface area contributed by atoms with Gasteiger partial charge in [0.1, 0.15) is 5.75 Å². The first-order valence-corrected chi connectivity index (χ1v) is 20.1. The second-order valence-electron chi connectivity index (χ2n) is 17.2. The van der Waals surface area contributed by atoms with Gasteiger partial charge in [-0.15, -0.1) is 0 Å². The molecule has 0 saturated carbocycles. The van der Waals surface area contributed by atoms with Crippen molar-refractivity contribution >= 4 is 27.4 Å². The first kappa shape index (κ1) is 34.2. The predicted octanol–water partition coefficient (Wildman–Crippen LogP) is 9.02. The van der Waals surface area contributed by atoms with Crippen LogP contribution >= 0.6 is 0 Å². The minimum atomic E-state index is -0.945. The van der Waals surface area contributed by atoms with Crippen LogP contribution in [-0.4, -0.2) is 74.9 Å². The van der Waals surface area contributed by atoms with Crippen LogP contribution in [0.5, 0.6) is 5.75 Å². The number of fused-ring (bicyclic) bond motifs is 5. The molecule has 268 valence electrons. The van der Waals surface area contributed by atoms with E-state index in [2.05, 4.69) is 96.7 Å². The summed E-state index contributed by atoms with van der Waals surface area (Å²) in [6.45, 7) is 15.0. The van der Waals surface area contributed by atoms with Crippen LogP contribution < -0.4 is 4.74 Å². The Morgan fingerprint density at radius 2 is 1.70 bits per heavy atom. The van der Waals surface area contributed by atoms with E-state index >= 15 is 0 Å². The molecule has 0 amide bonds. The Balaban J connectivity index is 1.37. The van der Waals surface area contributed by atoms with Crippen LogP contribution in [-0.2, 0) is 6.54 Å². The Bertz CT molecular complexity index is 1790. The lowest BCUT2D eigenvalue weighted by Gasteiger charge is -2.58. The van der Waals surface area contributed by atoms with Gasteiger partial charge < -0.3 is 19.3 Å². The molecule has 6 heterocycles. The number of nitrogens with zero attached hydrogens (tertiary/aromatic N) is 4. The zero-order valence-corrected chi connectivity index (χ0v) is 31.1. The maximum Gasteiger partial charge on any atom is 0.143 e. The first-order valence-electron chi connectivity index (χ1n) is 20.1. The number of hydrogen-bond acceptors (Lipinski definition) is 5. The smallest absolute Gasteiger partial charge is 0.143 e. The summed E-state index contributed by atoms with van der Waals surface area (Å²) in [7, 11) is 0. The molecule has 6 heteroatoms. The largest absolute Gasteiger partial charge is 0.491 e. The highest BCUT2D eigenvalue weighted by molar-refractivity contribution is 6.12. The molecule has 3 aromatic rings. The molecule has 3 bridgehead atoms. The molecule has 1 aromatic carbocycles. The number of benzene rings is 1.